The SMILES string of the molecule is CC(=O)Nc1ccc(C(=O)N[C@H](CS)C(=O)O)cc1. The molecule has 0 radical (unpaired) electrons. The van der Waals surface area contributed by atoms with E-state index in [1.54, 1.807) is 12.1 Å². The van der Waals surface area contributed by atoms with Crippen LogP contribution < -0.4 is 10.6 Å². The van der Waals surface area contributed by atoms with Crippen molar-refractivity contribution in [1.29, 1.82) is 0 Å². The third-order valence-electron chi connectivity index (χ3n) is 2.25. The molecule has 0 fully saturated rings. The van der Waals surface area contributed by atoms with Gasteiger partial charge in [0, 0.05) is 23.9 Å². The lowest BCUT2D eigenvalue weighted by atomic mass is 10.2. The first-order valence-electron chi connectivity index (χ1n) is 5.46. The summed E-state index contributed by atoms with van der Waals surface area (Å²) < 4.78 is 0. The molecule has 7 heteroatoms. The Morgan fingerprint density at radius 1 is 1.26 bits per heavy atom. The molecule has 3 N–H and O–H groups in total. The molecule has 0 bridgehead atoms. The predicted molar refractivity (Wildman–Crippen MR) is 73.5 cm³/mol. The van der Waals surface area contributed by atoms with E-state index >= 15 is 0 Å². The number of hydrogen-bond acceptors (Lipinski definition) is 4. The lowest BCUT2D eigenvalue weighted by Crippen LogP contribution is -2.42. The third kappa shape index (κ3) is 4.63. The minimum atomic E-state index is -1.14. The summed E-state index contributed by atoms with van der Waals surface area (Å²) in [4.78, 5) is 33.3. The lowest BCUT2D eigenvalue weighted by Gasteiger charge is -2.12. The van der Waals surface area contributed by atoms with E-state index in [9.17, 15) is 14.4 Å². The summed E-state index contributed by atoms with van der Waals surface area (Å²) in [6, 6.07) is 5.08. The van der Waals surface area contributed by atoms with Gasteiger partial charge in [0.2, 0.25) is 5.91 Å². The van der Waals surface area contributed by atoms with Gasteiger partial charge < -0.3 is 15.7 Å². The number of carboxylic acid groups (broad SMARTS) is 1. The molecule has 1 atom stereocenters. The molecular formula is C12H14N2O4S. The number of hydrogen-bond donors (Lipinski definition) is 4. The Morgan fingerprint density at radius 2 is 1.84 bits per heavy atom. The van der Waals surface area contributed by atoms with Gasteiger partial charge in [-0.2, -0.15) is 12.6 Å². The van der Waals surface area contributed by atoms with Crippen molar-refractivity contribution in [3.8, 4) is 0 Å². The Hall–Kier alpha value is -2.02. The Balaban J connectivity index is 2.72. The maximum absolute atomic E-state index is 11.8. The Morgan fingerprint density at radius 3 is 2.26 bits per heavy atom. The monoisotopic (exact) mass is 282 g/mol. The van der Waals surface area contributed by atoms with E-state index in [-0.39, 0.29) is 11.7 Å². The molecule has 0 aliphatic rings. The van der Waals surface area contributed by atoms with E-state index in [1.165, 1.54) is 19.1 Å². The molecule has 0 aliphatic carbocycles. The van der Waals surface area contributed by atoms with Gasteiger partial charge in [-0.25, -0.2) is 4.79 Å². The molecule has 1 aromatic carbocycles. The highest BCUT2D eigenvalue weighted by Gasteiger charge is 2.18. The highest BCUT2D eigenvalue weighted by atomic mass is 32.1. The summed E-state index contributed by atoms with van der Waals surface area (Å²) in [5.74, 6) is -1.85. The first-order chi connectivity index (χ1) is 8.93. The van der Waals surface area contributed by atoms with E-state index < -0.39 is 17.9 Å². The number of carbonyl (C=O) groups excluding carboxylic acids is 2. The van der Waals surface area contributed by atoms with Crippen molar-refractivity contribution < 1.29 is 19.5 Å². The van der Waals surface area contributed by atoms with Crippen LogP contribution in [0.1, 0.15) is 17.3 Å². The summed E-state index contributed by atoms with van der Waals surface area (Å²) in [5, 5.41) is 13.7. The van der Waals surface area contributed by atoms with Gasteiger partial charge in [-0.15, -0.1) is 0 Å². The highest BCUT2D eigenvalue weighted by Crippen LogP contribution is 2.09. The molecule has 0 unspecified atom stereocenters. The molecular weight excluding hydrogens is 268 g/mol. The lowest BCUT2D eigenvalue weighted by molar-refractivity contribution is -0.138. The maximum atomic E-state index is 11.8. The van der Waals surface area contributed by atoms with Gasteiger partial charge in [0.1, 0.15) is 6.04 Å². The van der Waals surface area contributed by atoms with E-state index in [0.29, 0.717) is 11.3 Å². The minimum Gasteiger partial charge on any atom is -0.480 e. The van der Waals surface area contributed by atoms with Crippen molar-refractivity contribution in [2.75, 3.05) is 11.1 Å². The van der Waals surface area contributed by atoms with Gasteiger partial charge in [0.25, 0.3) is 5.91 Å². The number of carbonyl (C=O) groups is 3. The van der Waals surface area contributed by atoms with E-state index in [0.717, 1.165) is 0 Å². The van der Waals surface area contributed by atoms with Crippen LogP contribution in [0.25, 0.3) is 0 Å². The molecule has 6 nitrogen and oxygen atoms in total. The second-order valence-corrected chi connectivity index (χ2v) is 4.17. The predicted octanol–water partition coefficient (Wildman–Crippen LogP) is 0.758. The number of benzene rings is 1. The topological polar surface area (TPSA) is 95.5 Å². The van der Waals surface area contributed by atoms with Crippen molar-refractivity contribution in [3.05, 3.63) is 29.8 Å². The highest BCUT2D eigenvalue weighted by molar-refractivity contribution is 7.80. The van der Waals surface area contributed by atoms with E-state index in [4.69, 9.17) is 5.11 Å². The number of nitrogens with one attached hydrogen (secondary N) is 2. The molecule has 0 heterocycles. The minimum absolute atomic E-state index is 0.00501. The van der Waals surface area contributed by atoms with Gasteiger partial charge in [-0.1, -0.05) is 0 Å². The van der Waals surface area contributed by atoms with Gasteiger partial charge in [0.05, 0.1) is 0 Å². The fraction of sp³-hybridized carbons (Fsp3) is 0.250. The van der Waals surface area contributed by atoms with Gasteiger partial charge in [0.15, 0.2) is 0 Å². The molecule has 1 rings (SSSR count). The van der Waals surface area contributed by atoms with Crippen molar-refractivity contribution in [1.82, 2.24) is 5.32 Å². The normalized spacial score (nSPS) is 11.5. The number of thiol groups is 1. The first-order valence-corrected chi connectivity index (χ1v) is 6.09. The van der Waals surface area contributed by atoms with Crippen LogP contribution in [-0.4, -0.2) is 34.7 Å². The molecule has 0 aliphatic heterocycles. The maximum Gasteiger partial charge on any atom is 0.327 e. The number of aliphatic carboxylic acids is 1. The molecule has 0 saturated carbocycles. The Bertz CT molecular complexity index is 487. The summed E-state index contributed by atoms with van der Waals surface area (Å²) in [6.45, 7) is 1.38. The zero-order valence-corrected chi connectivity index (χ0v) is 11.1. The number of rotatable bonds is 5. The number of amides is 2. The molecule has 19 heavy (non-hydrogen) atoms. The second-order valence-electron chi connectivity index (χ2n) is 3.81. The second kappa shape index (κ2) is 6.79. The average molecular weight is 282 g/mol. The van der Waals surface area contributed by atoms with Crippen LogP contribution in [0, 0.1) is 0 Å². The van der Waals surface area contributed by atoms with Gasteiger partial charge >= 0.3 is 5.97 Å². The average Bonchev–Trinajstić information content (AvgIpc) is 2.35. The summed E-state index contributed by atoms with van der Waals surface area (Å²) in [5.41, 5.74) is 0.871. The third-order valence-corrected chi connectivity index (χ3v) is 2.62. The van der Waals surface area contributed by atoms with Gasteiger partial charge in [-0.3, -0.25) is 9.59 Å². The summed E-state index contributed by atoms with van der Waals surface area (Å²) in [6.07, 6.45) is 0. The molecule has 102 valence electrons. The molecule has 1 aromatic rings. The van der Waals surface area contributed by atoms with Crippen molar-refractivity contribution >= 4 is 36.1 Å². The molecule has 0 aromatic heterocycles. The number of carboxylic acids is 1. The van der Waals surface area contributed by atoms with E-state index in [1.807, 2.05) is 0 Å². The van der Waals surface area contributed by atoms with Crippen molar-refractivity contribution in [3.63, 3.8) is 0 Å². The Kier molecular flexibility index (Phi) is 5.37. The quantitative estimate of drug-likeness (QED) is 0.600. The van der Waals surface area contributed by atoms with Crippen molar-refractivity contribution in [2.24, 2.45) is 0 Å². The van der Waals surface area contributed by atoms with Crippen LogP contribution in [0.2, 0.25) is 0 Å². The molecule has 2 amide bonds. The summed E-state index contributed by atoms with van der Waals surface area (Å²) in [7, 11) is 0. The first kappa shape index (κ1) is 15.0. The molecule has 0 spiro atoms. The van der Waals surface area contributed by atoms with E-state index in [2.05, 4.69) is 23.3 Å². The smallest absolute Gasteiger partial charge is 0.327 e. The fourth-order valence-electron chi connectivity index (χ4n) is 1.34. The zero-order chi connectivity index (χ0) is 14.4. The summed E-state index contributed by atoms with van der Waals surface area (Å²) >= 11 is 3.85. The Labute approximate surface area is 115 Å². The van der Waals surface area contributed by atoms with Crippen LogP contribution in [-0.2, 0) is 9.59 Å². The van der Waals surface area contributed by atoms with Crippen LogP contribution in [0.5, 0.6) is 0 Å². The van der Waals surface area contributed by atoms with Crippen LogP contribution in [0.4, 0.5) is 5.69 Å². The standard InChI is InChI=1S/C12H14N2O4S/c1-7(15)13-9-4-2-8(3-5-9)11(16)14-10(6-19)12(17)18/h2-5,10,19H,6H2,1H3,(H,13,15)(H,14,16)(H,17,18)/t10-/m1/s1. The van der Waals surface area contributed by atoms with Crippen molar-refractivity contribution in [2.45, 2.75) is 13.0 Å². The van der Waals surface area contributed by atoms with Crippen LogP contribution in [0.3, 0.4) is 0 Å². The fourth-order valence-corrected chi connectivity index (χ4v) is 1.58. The van der Waals surface area contributed by atoms with Gasteiger partial charge in [-0.05, 0) is 24.3 Å². The molecule has 0 saturated heterocycles. The van der Waals surface area contributed by atoms with Crippen LogP contribution >= 0.6 is 12.6 Å². The zero-order valence-electron chi connectivity index (χ0n) is 10.2. The van der Waals surface area contributed by atoms with Crippen LogP contribution in [0.15, 0.2) is 24.3 Å². The number of anilines is 1. The largest absolute Gasteiger partial charge is 0.480 e.